The summed E-state index contributed by atoms with van der Waals surface area (Å²) in [6.45, 7) is 5.91. The topological polar surface area (TPSA) is 71.5 Å². The van der Waals surface area contributed by atoms with Crippen LogP contribution >= 0.6 is 11.8 Å². The summed E-state index contributed by atoms with van der Waals surface area (Å²) in [6, 6.07) is 10.1. The molecule has 0 atom stereocenters. The number of hydrogen-bond donors (Lipinski definition) is 2. The number of oxime groups is 1. The second-order valence-corrected chi connectivity index (χ2v) is 5.73. The molecule has 0 saturated carbocycles. The van der Waals surface area contributed by atoms with Crippen LogP contribution in [0.4, 0.5) is 0 Å². The highest BCUT2D eigenvalue weighted by Gasteiger charge is 2.14. The van der Waals surface area contributed by atoms with E-state index in [9.17, 15) is 0 Å². The van der Waals surface area contributed by atoms with E-state index in [1.165, 1.54) is 17.3 Å². The number of pyridine rings is 1. The third kappa shape index (κ3) is 3.11. The van der Waals surface area contributed by atoms with Crippen molar-refractivity contribution in [2.45, 2.75) is 30.7 Å². The van der Waals surface area contributed by atoms with E-state index in [4.69, 9.17) is 10.9 Å². The molecule has 0 spiro atoms. The molecule has 1 aromatic heterocycles. The summed E-state index contributed by atoms with van der Waals surface area (Å²) in [5.41, 5.74) is 9.50. The van der Waals surface area contributed by atoms with E-state index in [1.54, 1.807) is 0 Å². The molecule has 3 N–H and O–H groups in total. The summed E-state index contributed by atoms with van der Waals surface area (Å²) in [4.78, 5) is 5.60. The molecule has 1 heterocycles. The van der Waals surface area contributed by atoms with Gasteiger partial charge < -0.3 is 10.9 Å². The minimum atomic E-state index is 0.0881. The maximum Gasteiger partial charge on any atom is 0.173 e. The van der Waals surface area contributed by atoms with Crippen molar-refractivity contribution < 1.29 is 5.21 Å². The molecule has 4 nitrogen and oxygen atoms in total. The predicted octanol–water partition coefficient (Wildman–Crippen LogP) is 3.25. The summed E-state index contributed by atoms with van der Waals surface area (Å²) in [5, 5.41) is 12.8. The maximum atomic E-state index is 8.94. The van der Waals surface area contributed by atoms with E-state index in [2.05, 4.69) is 16.2 Å². The highest BCUT2D eigenvalue weighted by molar-refractivity contribution is 7.99. The van der Waals surface area contributed by atoms with Gasteiger partial charge >= 0.3 is 0 Å². The molecule has 0 aliphatic carbocycles. The van der Waals surface area contributed by atoms with Crippen molar-refractivity contribution in [2.24, 2.45) is 10.9 Å². The van der Waals surface area contributed by atoms with Crippen molar-refractivity contribution in [3.05, 3.63) is 52.7 Å². The van der Waals surface area contributed by atoms with Gasteiger partial charge in [0.1, 0.15) is 5.03 Å². The lowest BCUT2D eigenvalue weighted by Crippen LogP contribution is -2.17. The number of nitrogens with two attached hydrogens (primary N) is 1. The molecule has 5 heteroatoms. The van der Waals surface area contributed by atoms with Crippen LogP contribution in [0.2, 0.25) is 0 Å². The Balaban J connectivity index is 2.50. The van der Waals surface area contributed by atoms with Crippen LogP contribution < -0.4 is 5.73 Å². The fraction of sp³-hybridized carbons (Fsp3) is 0.200. The van der Waals surface area contributed by atoms with Gasteiger partial charge in [-0.15, -0.1) is 0 Å². The van der Waals surface area contributed by atoms with Crippen molar-refractivity contribution in [3.63, 3.8) is 0 Å². The SMILES string of the molecule is Cc1cccc(Sc2nc(C)cc(C)c2C(N)=NO)c1. The van der Waals surface area contributed by atoms with Crippen LogP contribution in [0, 0.1) is 20.8 Å². The van der Waals surface area contributed by atoms with Crippen molar-refractivity contribution >= 4 is 17.6 Å². The zero-order chi connectivity index (χ0) is 14.7. The second kappa shape index (κ2) is 5.96. The van der Waals surface area contributed by atoms with Gasteiger partial charge in [0.15, 0.2) is 5.84 Å². The van der Waals surface area contributed by atoms with Crippen LogP contribution in [0.1, 0.15) is 22.4 Å². The molecule has 1 aromatic carbocycles. The minimum Gasteiger partial charge on any atom is -0.409 e. The molecular weight excluding hydrogens is 270 g/mol. The zero-order valence-electron chi connectivity index (χ0n) is 11.7. The quantitative estimate of drug-likeness (QED) is 0.393. The monoisotopic (exact) mass is 287 g/mol. The normalized spacial score (nSPS) is 11.7. The van der Waals surface area contributed by atoms with Crippen LogP contribution in [0.15, 0.2) is 45.4 Å². The minimum absolute atomic E-state index is 0.0881. The van der Waals surface area contributed by atoms with E-state index in [-0.39, 0.29) is 5.84 Å². The Morgan fingerprint density at radius 2 is 2.00 bits per heavy atom. The number of aromatic nitrogens is 1. The van der Waals surface area contributed by atoms with Crippen molar-refractivity contribution in [1.29, 1.82) is 0 Å². The van der Waals surface area contributed by atoms with Gasteiger partial charge in [0.25, 0.3) is 0 Å². The van der Waals surface area contributed by atoms with E-state index in [0.29, 0.717) is 5.56 Å². The molecule has 20 heavy (non-hydrogen) atoms. The van der Waals surface area contributed by atoms with E-state index in [0.717, 1.165) is 21.2 Å². The Morgan fingerprint density at radius 3 is 2.65 bits per heavy atom. The average Bonchev–Trinajstić information content (AvgIpc) is 2.37. The Morgan fingerprint density at radius 1 is 1.25 bits per heavy atom. The standard InChI is InChI=1S/C15H17N3OS/c1-9-5-4-6-12(7-9)20-15-13(14(16)18-19)10(2)8-11(3)17-15/h4-8,19H,1-3H3,(H2,16,18). The van der Waals surface area contributed by atoms with Gasteiger partial charge in [-0.25, -0.2) is 4.98 Å². The molecule has 0 amide bonds. The summed E-state index contributed by atoms with van der Waals surface area (Å²) in [5.74, 6) is 0.0881. The van der Waals surface area contributed by atoms with Gasteiger partial charge in [-0.2, -0.15) is 0 Å². The van der Waals surface area contributed by atoms with Gasteiger partial charge in [-0.1, -0.05) is 34.6 Å². The number of benzene rings is 1. The molecule has 0 aliphatic rings. The molecule has 104 valence electrons. The largest absolute Gasteiger partial charge is 0.409 e. The third-order valence-corrected chi connectivity index (χ3v) is 3.86. The molecule has 0 saturated heterocycles. The third-order valence-electron chi connectivity index (χ3n) is 2.88. The van der Waals surface area contributed by atoms with E-state index in [1.807, 2.05) is 45.0 Å². The molecule has 0 bridgehead atoms. The average molecular weight is 287 g/mol. The summed E-state index contributed by atoms with van der Waals surface area (Å²) >= 11 is 1.52. The predicted molar refractivity (Wildman–Crippen MR) is 81.5 cm³/mol. The number of aryl methyl sites for hydroxylation is 3. The van der Waals surface area contributed by atoms with Gasteiger partial charge in [-0.3, -0.25) is 0 Å². The highest BCUT2D eigenvalue weighted by Crippen LogP contribution is 2.31. The summed E-state index contributed by atoms with van der Waals surface area (Å²) < 4.78 is 0. The fourth-order valence-corrected chi connectivity index (χ4v) is 3.20. The highest BCUT2D eigenvalue weighted by atomic mass is 32.2. The summed E-state index contributed by atoms with van der Waals surface area (Å²) in [6.07, 6.45) is 0. The first-order valence-electron chi connectivity index (χ1n) is 6.22. The van der Waals surface area contributed by atoms with Crippen LogP contribution in [0.5, 0.6) is 0 Å². The smallest absolute Gasteiger partial charge is 0.173 e. The first-order valence-corrected chi connectivity index (χ1v) is 7.03. The Kier molecular flexibility index (Phi) is 4.29. The molecule has 2 aromatic rings. The van der Waals surface area contributed by atoms with Crippen LogP contribution in [0.3, 0.4) is 0 Å². The van der Waals surface area contributed by atoms with E-state index >= 15 is 0 Å². The van der Waals surface area contributed by atoms with Crippen molar-refractivity contribution in [1.82, 2.24) is 4.98 Å². The number of nitrogens with zero attached hydrogens (tertiary/aromatic N) is 2. The molecule has 0 fully saturated rings. The molecular formula is C15H17N3OS. The lowest BCUT2D eigenvalue weighted by molar-refractivity contribution is 0.318. The first-order chi connectivity index (χ1) is 9.51. The molecule has 0 unspecified atom stereocenters. The number of rotatable bonds is 3. The molecule has 0 aliphatic heterocycles. The van der Waals surface area contributed by atoms with Crippen molar-refractivity contribution in [2.75, 3.05) is 0 Å². The number of hydrogen-bond acceptors (Lipinski definition) is 4. The van der Waals surface area contributed by atoms with E-state index < -0.39 is 0 Å². The lowest BCUT2D eigenvalue weighted by atomic mass is 10.1. The van der Waals surface area contributed by atoms with Crippen LogP contribution in [-0.4, -0.2) is 16.0 Å². The van der Waals surface area contributed by atoms with Gasteiger partial charge in [0.2, 0.25) is 0 Å². The van der Waals surface area contributed by atoms with Gasteiger partial charge in [0.05, 0.1) is 5.56 Å². The fourth-order valence-electron chi connectivity index (χ4n) is 2.03. The number of amidine groups is 1. The zero-order valence-corrected chi connectivity index (χ0v) is 12.5. The second-order valence-electron chi connectivity index (χ2n) is 4.66. The van der Waals surface area contributed by atoms with Crippen LogP contribution in [0.25, 0.3) is 0 Å². The maximum absolute atomic E-state index is 8.94. The lowest BCUT2D eigenvalue weighted by Gasteiger charge is -2.11. The first kappa shape index (κ1) is 14.4. The Labute approximate surface area is 122 Å². The molecule has 2 rings (SSSR count). The van der Waals surface area contributed by atoms with Gasteiger partial charge in [0, 0.05) is 10.6 Å². The Hall–Kier alpha value is -2.01. The summed E-state index contributed by atoms with van der Waals surface area (Å²) in [7, 11) is 0. The Bertz CT molecular complexity index is 668. The van der Waals surface area contributed by atoms with Crippen molar-refractivity contribution in [3.8, 4) is 0 Å². The van der Waals surface area contributed by atoms with Crippen LogP contribution in [-0.2, 0) is 0 Å². The molecule has 0 radical (unpaired) electrons. The van der Waals surface area contributed by atoms with Gasteiger partial charge in [-0.05, 0) is 44.5 Å².